The Kier molecular flexibility index (Phi) is 4.25. The van der Waals surface area contributed by atoms with Crippen LogP contribution in [0.3, 0.4) is 0 Å². The van der Waals surface area contributed by atoms with Gasteiger partial charge in [-0.15, -0.1) is 11.8 Å². The second-order valence-corrected chi connectivity index (χ2v) is 4.08. The minimum absolute atomic E-state index is 0.194. The highest BCUT2D eigenvalue weighted by Gasteiger charge is 2.01. The summed E-state index contributed by atoms with van der Waals surface area (Å²) in [6, 6.07) is 3.59. The topological polar surface area (TPSA) is 30.0 Å². The second-order valence-electron chi connectivity index (χ2n) is 2.59. The molecule has 70 valence electrons. The average Bonchev–Trinajstić information content (AvgIpc) is 2.08. The van der Waals surface area contributed by atoms with Crippen LogP contribution in [-0.2, 0) is 4.79 Å². The van der Waals surface area contributed by atoms with Gasteiger partial charge in [-0.1, -0.05) is 11.6 Å². The van der Waals surface area contributed by atoms with Crippen molar-refractivity contribution in [3.8, 4) is 0 Å². The molecule has 2 nitrogen and oxygen atoms in total. The van der Waals surface area contributed by atoms with Gasteiger partial charge in [-0.3, -0.25) is 4.79 Å². The molecule has 0 saturated heterocycles. The van der Waals surface area contributed by atoms with Crippen molar-refractivity contribution in [1.29, 1.82) is 0 Å². The van der Waals surface area contributed by atoms with Gasteiger partial charge in [-0.05, 0) is 19.1 Å². The third-order valence-corrected chi connectivity index (χ3v) is 2.84. The van der Waals surface area contributed by atoms with Gasteiger partial charge < -0.3 is 0 Å². The van der Waals surface area contributed by atoms with Crippen LogP contribution in [0.1, 0.15) is 13.3 Å². The maximum Gasteiger partial charge on any atom is 0.130 e. The van der Waals surface area contributed by atoms with E-state index in [1.165, 1.54) is 11.8 Å². The lowest BCUT2D eigenvalue weighted by atomic mass is 10.4. The third-order valence-electron chi connectivity index (χ3n) is 1.42. The van der Waals surface area contributed by atoms with Gasteiger partial charge in [0.15, 0.2) is 0 Å². The zero-order valence-corrected chi connectivity index (χ0v) is 8.86. The fourth-order valence-electron chi connectivity index (χ4n) is 0.769. The number of hydrogen-bond acceptors (Lipinski definition) is 3. The Morgan fingerprint density at radius 2 is 2.46 bits per heavy atom. The van der Waals surface area contributed by atoms with E-state index in [9.17, 15) is 4.79 Å². The summed E-state index contributed by atoms with van der Waals surface area (Å²) in [6.45, 7) is 1.58. The summed E-state index contributed by atoms with van der Waals surface area (Å²) in [7, 11) is 0. The molecule has 1 aromatic heterocycles. The van der Waals surface area contributed by atoms with Gasteiger partial charge in [0.2, 0.25) is 0 Å². The van der Waals surface area contributed by atoms with E-state index in [-0.39, 0.29) is 5.78 Å². The lowest BCUT2D eigenvalue weighted by Crippen LogP contribution is -1.92. The number of pyridine rings is 1. The van der Waals surface area contributed by atoms with Crippen LogP contribution >= 0.6 is 23.4 Å². The molecule has 0 unspecified atom stereocenters. The minimum atomic E-state index is 0.194. The van der Waals surface area contributed by atoms with E-state index in [4.69, 9.17) is 11.6 Å². The molecule has 0 N–H and O–H groups in total. The van der Waals surface area contributed by atoms with Crippen molar-refractivity contribution in [3.63, 3.8) is 0 Å². The fourth-order valence-corrected chi connectivity index (χ4v) is 1.98. The summed E-state index contributed by atoms with van der Waals surface area (Å²) >= 11 is 7.38. The molecule has 1 rings (SSSR count). The fraction of sp³-hybridized carbons (Fsp3) is 0.333. The molecule has 0 fully saturated rings. The first kappa shape index (κ1) is 10.5. The van der Waals surface area contributed by atoms with Crippen molar-refractivity contribution in [2.45, 2.75) is 18.4 Å². The van der Waals surface area contributed by atoms with Crippen LogP contribution < -0.4 is 0 Å². The number of nitrogens with zero attached hydrogens (tertiary/aromatic N) is 1. The Morgan fingerprint density at radius 3 is 3.08 bits per heavy atom. The monoisotopic (exact) mass is 215 g/mol. The van der Waals surface area contributed by atoms with Crippen LogP contribution in [0.4, 0.5) is 0 Å². The van der Waals surface area contributed by atoms with Gasteiger partial charge in [0.25, 0.3) is 0 Å². The normalized spacial score (nSPS) is 10.0. The van der Waals surface area contributed by atoms with Crippen molar-refractivity contribution in [1.82, 2.24) is 4.98 Å². The lowest BCUT2D eigenvalue weighted by Gasteiger charge is -2.00. The van der Waals surface area contributed by atoms with E-state index < -0.39 is 0 Å². The number of hydrogen-bond donors (Lipinski definition) is 0. The quantitative estimate of drug-likeness (QED) is 0.724. The molecule has 0 aliphatic rings. The number of aromatic nitrogens is 1. The number of carbonyl (C=O) groups excluding carboxylic acids is 1. The highest BCUT2D eigenvalue weighted by Crippen LogP contribution is 2.24. The Labute approximate surface area is 86.7 Å². The summed E-state index contributed by atoms with van der Waals surface area (Å²) in [4.78, 5) is 14.7. The molecule has 4 heteroatoms. The second kappa shape index (κ2) is 5.25. The Balaban J connectivity index is 2.45. The van der Waals surface area contributed by atoms with Crippen LogP contribution in [0.2, 0.25) is 5.02 Å². The maximum atomic E-state index is 10.7. The number of thioether (sulfide) groups is 1. The zero-order valence-electron chi connectivity index (χ0n) is 7.29. The first-order valence-corrected chi connectivity index (χ1v) is 5.29. The molecule has 13 heavy (non-hydrogen) atoms. The highest BCUT2D eigenvalue weighted by molar-refractivity contribution is 7.99. The van der Waals surface area contributed by atoms with Crippen LogP contribution in [0, 0.1) is 0 Å². The van der Waals surface area contributed by atoms with Crippen molar-refractivity contribution in [2.75, 3.05) is 5.75 Å². The largest absolute Gasteiger partial charge is 0.300 e. The van der Waals surface area contributed by atoms with Gasteiger partial charge >= 0.3 is 0 Å². The Morgan fingerprint density at radius 1 is 1.69 bits per heavy atom. The molecule has 0 aliphatic heterocycles. The Bertz CT molecular complexity index is 303. The maximum absolute atomic E-state index is 10.7. The molecule has 0 spiro atoms. The first-order valence-electron chi connectivity index (χ1n) is 3.93. The van der Waals surface area contributed by atoms with Gasteiger partial charge in [0.1, 0.15) is 10.8 Å². The van der Waals surface area contributed by atoms with Gasteiger partial charge in [-0.2, -0.15) is 0 Å². The minimum Gasteiger partial charge on any atom is -0.300 e. The van der Waals surface area contributed by atoms with E-state index >= 15 is 0 Å². The molecule has 0 atom stereocenters. The number of carbonyl (C=O) groups is 1. The van der Waals surface area contributed by atoms with Gasteiger partial charge in [0, 0.05) is 18.4 Å². The van der Waals surface area contributed by atoms with Gasteiger partial charge in [0.05, 0.1) is 5.02 Å². The molecular weight excluding hydrogens is 206 g/mol. The molecule has 0 bridgehead atoms. The summed E-state index contributed by atoms with van der Waals surface area (Å²) in [5.74, 6) is 0.936. The van der Waals surface area contributed by atoms with Crippen molar-refractivity contribution in [3.05, 3.63) is 23.4 Å². The van der Waals surface area contributed by atoms with E-state index in [1.807, 2.05) is 0 Å². The summed E-state index contributed by atoms with van der Waals surface area (Å²) in [5.41, 5.74) is 0. The average molecular weight is 216 g/mol. The summed E-state index contributed by atoms with van der Waals surface area (Å²) < 4.78 is 0. The SMILES string of the molecule is CC(=O)CCSc1ncccc1Cl. The number of ketones is 1. The molecule has 0 aromatic carbocycles. The van der Waals surface area contributed by atoms with Gasteiger partial charge in [-0.25, -0.2) is 4.98 Å². The number of halogens is 1. The third kappa shape index (κ3) is 3.79. The van der Waals surface area contributed by atoms with Crippen LogP contribution in [0.5, 0.6) is 0 Å². The highest BCUT2D eigenvalue weighted by atomic mass is 35.5. The molecule has 0 saturated carbocycles. The molecule has 1 heterocycles. The number of Topliss-reactive ketones (excluding diaryl/α,β-unsaturated/α-hetero) is 1. The lowest BCUT2D eigenvalue weighted by molar-refractivity contribution is -0.116. The number of rotatable bonds is 4. The van der Waals surface area contributed by atoms with Crippen molar-refractivity contribution >= 4 is 29.1 Å². The summed E-state index contributed by atoms with van der Waals surface area (Å²) in [6.07, 6.45) is 2.26. The predicted octanol–water partition coefficient (Wildman–Crippen LogP) is 2.81. The van der Waals surface area contributed by atoms with Crippen LogP contribution in [0.25, 0.3) is 0 Å². The standard InChI is InChI=1S/C9H10ClNOS/c1-7(12)4-6-13-9-8(10)3-2-5-11-9/h2-3,5H,4,6H2,1H3. The smallest absolute Gasteiger partial charge is 0.130 e. The predicted molar refractivity (Wildman–Crippen MR) is 55.3 cm³/mol. The molecule has 1 aromatic rings. The van der Waals surface area contributed by atoms with E-state index in [0.717, 1.165) is 10.8 Å². The van der Waals surface area contributed by atoms with Crippen molar-refractivity contribution < 1.29 is 4.79 Å². The van der Waals surface area contributed by atoms with E-state index in [2.05, 4.69) is 4.98 Å². The molecule has 0 radical (unpaired) electrons. The first-order chi connectivity index (χ1) is 6.20. The van der Waals surface area contributed by atoms with Crippen molar-refractivity contribution in [2.24, 2.45) is 0 Å². The van der Waals surface area contributed by atoms with Crippen LogP contribution in [0.15, 0.2) is 23.4 Å². The molecule has 0 aliphatic carbocycles. The molecule has 0 amide bonds. The van der Waals surface area contributed by atoms with E-state index in [0.29, 0.717) is 11.4 Å². The molecular formula is C9H10ClNOS. The Hall–Kier alpha value is -0.540. The summed E-state index contributed by atoms with van der Waals surface area (Å²) in [5, 5.41) is 1.45. The van der Waals surface area contributed by atoms with Crippen LogP contribution in [-0.4, -0.2) is 16.5 Å². The zero-order chi connectivity index (χ0) is 9.68. The van der Waals surface area contributed by atoms with E-state index in [1.54, 1.807) is 25.3 Å².